The van der Waals surface area contributed by atoms with Crippen LogP contribution in [0.3, 0.4) is 0 Å². The van der Waals surface area contributed by atoms with Crippen molar-refractivity contribution in [1.82, 2.24) is 5.43 Å². The molecule has 0 heterocycles. The summed E-state index contributed by atoms with van der Waals surface area (Å²) in [5.41, 5.74) is 3.39. The minimum absolute atomic E-state index is 0.192. The summed E-state index contributed by atoms with van der Waals surface area (Å²) in [6.07, 6.45) is 1.07. The first-order valence-electron chi connectivity index (χ1n) is 8.44. The molecular weight excluding hydrogens is 354 g/mol. The van der Waals surface area contributed by atoms with Gasteiger partial charge >= 0.3 is 0 Å². The van der Waals surface area contributed by atoms with E-state index in [1.165, 1.54) is 6.92 Å². The predicted octanol–water partition coefficient (Wildman–Crippen LogP) is 2.78. The number of ether oxygens (including phenoxy) is 1. The summed E-state index contributed by atoms with van der Waals surface area (Å²) in [5, 5.41) is 4.09. The first-order chi connectivity index (χ1) is 11.9. The molecule has 0 bridgehead atoms. The number of anilines is 1. The van der Waals surface area contributed by atoms with Crippen molar-refractivity contribution < 1.29 is 17.9 Å². The second-order valence-electron chi connectivity index (χ2n) is 7.08. The maximum Gasteiger partial charge on any atom is 0.263 e. The Hall–Kier alpha value is -2.09. The number of rotatable bonds is 7. The van der Waals surface area contributed by atoms with Gasteiger partial charge in [-0.15, -0.1) is 0 Å². The van der Waals surface area contributed by atoms with Crippen LogP contribution in [0.4, 0.5) is 5.69 Å². The molecule has 0 saturated carbocycles. The molecule has 0 unspecified atom stereocenters. The molecule has 0 saturated heterocycles. The summed E-state index contributed by atoms with van der Waals surface area (Å²) in [6.45, 7) is 11.6. The van der Waals surface area contributed by atoms with Crippen LogP contribution in [0.5, 0.6) is 5.75 Å². The zero-order valence-corrected chi connectivity index (χ0v) is 17.3. The van der Waals surface area contributed by atoms with Crippen molar-refractivity contribution >= 4 is 27.3 Å². The van der Waals surface area contributed by atoms with E-state index in [9.17, 15) is 13.2 Å². The maximum atomic E-state index is 12.5. The van der Waals surface area contributed by atoms with Crippen molar-refractivity contribution in [2.75, 3.05) is 17.2 Å². The monoisotopic (exact) mass is 383 g/mol. The smallest absolute Gasteiger partial charge is 0.263 e. The van der Waals surface area contributed by atoms with Crippen molar-refractivity contribution in [1.29, 1.82) is 0 Å². The van der Waals surface area contributed by atoms with Crippen LogP contribution in [-0.2, 0) is 14.8 Å². The van der Waals surface area contributed by atoms with Gasteiger partial charge in [-0.2, -0.15) is 5.10 Å². The molecule has 0 aromatic heterocycles. The summed E-state index contributed by atoms with van der Waals surface area (Å²) in [7, 11) is -3.67. The van der Waals surface area contributed by atoms with E-state index in [1.54, 1.807) is 24.3 Å². The molecular formula is C18H29N3O4S. The van der Waals surface area contributed by atoms with Gasteiger partial charge in [-0.05, 0) is 45.0 Å². The van der Waals surface area contributed by atoms with Gasteiger partial charge in [-0.3, -0.25) is 9.10 Å². The normalized spacial score (nSPS) is 13.9. The topological polar surface area (TPSA) is 88.1 Å². The summed E-state index contributed by atoms with van der Waals surface area (Å²) < 4.78 is 31.0. The number of sulfonamides is 1. The molecule has 1 amide bonds. The average Bonchev–Trinajstić information content (AvgIpc) is 2.52. The molecule has 0 aliphatic carbocycles. The largest absolute Gasteiger partial charge is 0.494 e. The Balaban J connectivity index is 3.08. The third kappa shape index (κ3) is 6.01. The van der Waals surface area contributed by atoms with Gasteiger partial charge in [0.15, 0.2) is 0 Å². The molecule has 0 fully saturated rings. The number of hydrazone groups is 1. The average molecular weight is 384 g/mol. The number of carbonyl (C=O) groups excluding carboxylic acids is 1. The lowest BCUT2D eigenvalue weighted by atomic mass is 9.91. The Kier molecular flexibility index (Phi) is 7.20. The van der Waals surface area contributed by atoms with Gasteiger partial charge in [0.25, 0.3) is 5.91 Å². The molecule has 1 rings (SSSR count). The molecule has 1 aromatic rings. The van der Waals surface area contributed by atoms with E-state index >= 15 is 0 Å². The zero-order valence-electron chi connectivity index (χ0n) is 16.5. The highest BCUT2D eigenvalue weighted by Gasteiger charge is 2.29. The minimum Gasteiger partial charge on any atom is -0.494 e. The molecule has 26 heavy (non-hydrogen) atoms. The molecule has 0 spiro atoms. The number of nitrogens with zero attached hydrogens (tertiary/aromatic N) is 2. The van der Waals surface area contributed by atoms with E-state index in [-0.39, 0.29) is 5.41 Å². The number of hydrogen-bond donors (Lipinski definition) is 1. The molecule has 0 aliphatic rings. The van der Waals surface area contributed by atoms with E-state index in [0.29, 0.717) is 18.0 Å². The van der Waals surface area contributed by atoms with Gasteiger partial charge in [0, 0.05) is 11.1 Å². The Morgan fingerprint density at radius 1 is 1.27 bits per heavy atom. The first-order valence-corrected chi connectivity index (χ1v) is 10.3. The van der Waals surface area contributed by atoms with Crippen LogP contribution in [0, 0.1) is 5.41 Å². The molecule has 8 heteroatoms. The molecule has 1 atom stereocenters. The van der Waals surface area contributed by atoms with E-state index in [1.807, 2.05) is 34.6 Å². The zero-order chi connectivity index (χ0) is 20.1. The van der Waals surface area contributed by atoms with Crippen molar-refractivity contribution in [2.45, 2.75) is 47.6 Å². The molecule has 0 radical (unpaired) electrons. The van der Waals surface area contributed by atoms with Crippen LogP contribution >= 0.6 is 0 Å². The second-order valence-corrected chi connectivity index (χ2v) is 8.94. The fourth-order valence-electron chi connectivity index (χ4n) is 2.06. The van der Waals surface area contributed by atoms with E-state index in [0.717, 1.165) is 16.3 Å². The minimum atomic E-state index is -3.67. The van der Waals surface area contributed by atoms with E-state index in [4.69, 9.17) is 4.74 Å². The highest BCUT2D eigenvalue weighted by molar-refractivity contribution is 7.92. The Morgan fingerprint density at radius 2 is 1.81 bits per heavy atom. The summed E-state index contributed by atoms with van der Waals surface area (Å²) in [5.74, 6) is 0.125. The van der Waals surface area contributed by atoms with Crippen LogP contribution in [-0.4, -0.2) is 38.9 Å². The number of benzene rings is 1. The van der Waals surface area contributed by atoms with Crippen molar-refractivity contribution in [3.05, 3.63) is 24.3 Å². The number of nitrogens with one attached hydrogen (secondary N) is 1. The molecule has 146 valence electrons. The van der Waals surface area contributed by atoms with Crippen LogP contribution < -0.4 is 14.5 Å². The second kappa shape index (κ2) is 8.53. The van der Waals surface area contributed by atoms with Gasteiger partial charge < -0.3 is 4.74 Å². The number of carbonyl (C=O) groups is 1. The Bertz CT molecular complexity index is 750. The first kappa shape index (κ1) is 22.0. The van der Waals surface area contributed by atoms with Gasteiger partial charge in [0.2, 0.25) is 10.0 Å². The maximum absolute atomic E-state index is 12.5. The van der Waals surface area contributed by atoms with Crippen LogP contribution in [0.1, 0.15) is 41.5 Å². The van der Waals surface area contributed by atoms with Gasteiger partial charge in [0.1, 0.15) is 11.8 Å². The standard InChI is InChI=1S/C18H29N3O4S/c1-8-25-16-11-9-15(10-12-16)21(26(7,23)24)13(2)17(22)20-19-14(3)18(4,5)6/h9-13H,8H2,1-7H3,(H,20,22)/b19-14-/t13-/m1/s1. The highest BCUT2D eigenvalue weighted by Crippen LogP contribution is 2.24. The third-order valence-electron chi connectivity index (χ3n) is 3.91. The Morgan fingerprint density at radius 3 is 2.23 bits per heavy atom. The lowest BCUT2D eigenvalue weighted by Gasteiger charge is -2.28. The molecule has 1 aromatic carbocycles. The molecule has 7 nitrogen and oxygen atoms in total. The van der Waals surface area contributed by atoms with Crippen LogP contribution in [0.2, 0.25) is 0 Å². The quantitative estimate of drug-likeness (QED) is 0.579. The summed E-state index contributed by atoms with van der Waals surface area (Å²) in [4.78, 5) is 12.5. The van der Waals surface area contributed by atoms with Gasteiger partial charge in [-0.1, -0.05) is 20.8 Å². The van der Waals surface area contributed by atoms with E-state index in [2.05, 4.69) is 10.5 Å². The fraction of sp³-hybridized carbons (Fsp3) is 0.556. The lowest BCUT2D eigenvalue weighted by Crippen LogP contribution is -2.47. The van der Waals surface area contributed by atoms with Crippen molar-refractivity contribution in [3.63, 3.8) is 0 Å². The lowest BCUT2D eigenvalue weighted by molar-refractivity contribution is -0.121. The summed E-state index contributed by atoms with van der Waals surface area (Å²) >= 11 is 0. The van der Waals surface area contributed by atoms with Gasteiger partial charge in [-0.25, -0.2) is 13.8 Å². The Labute approximate surface area is 156 Å². The molecule has 1 N–H and O–H groups in total. The van der Waals surface area contributed by atoms with Crippen molar-refractivity contribution in [3.8, 4) is 5.75 Å². The predicted molar refractivity (Wildman–Crippen MR) is 105 cm³/mol. The SMILES string of the molecule is CCOc1ccc(N([C@H](C)C(=O)N/N=C(/C)C(C)(C)C)S(C)(=O)=O)cc1. The fourth-order valence-corrected chi connectivity index (χ4v) is 3.24. The highest BCUT2D eigenvalue weighted by atomic mass is 32.2. The third-order valence-corrected chi connectivity index (χ3v) is 5.15. The number of hydrogen-bond acceptors (Lipinski definition) is 5. The molecule has 0 aliphatic heterocycles. The van der Waals surface area contributed by atoms with Crippen LogP contribution in [0.25, 0.3) is 0 Å². The van der Waals surface area contributed by atoms with Crippen molar-refractivity contribution in [2.24, 2.45) is 10.5 Å². The van der Waals surface area contributed by atoms with Crippen LogP contribution in [0.15, 0.2) is 29.4 Å². The number of amides is 1. The van der Waals surface area contributed by atoms with E-state index < -0.39 is 22.0 Å². The summed E-state index contributed by atoms with van der Waals surface area (Å²) in [6, 6.07) is 5.60. The van der Waals surface area contributed by atoms with Gasteiger partial charge in [0.05, 0.1) is 18.6 Å².